The summed E-state index contributed by atoms with van der Waals surface area (Å²) < 4.78 is 0. The normalized spacial score (nSPS) is 11.9. The van der Waals surface area contributed by atoms with Crippen LogP contribution in [0.3, 0.4) is 0 Å². The van der Waals surface area contributed by atoms with Crippen LogP contribution in [0.1, 0.15) is 32.8 Å². The van der Waals surface area contributed by atoms with Gasteiger partial charge in [0, 0.05) is 18.3 Å². The van der Waals surface area contributed by atoms with E-state index < -0.39 is 0 Å². The summed E-state index contributed by atoms with van der Waals surface area (Å²) in [6.45, 7) is 7.42. The molecule has 0 unspecified atom stereocenters. The molecule has 0 amide bonds. The van der Waals surface area contributed by atoms with Gasteiger partial charge in [-0.15, -0.1) is 0 Å². The summed E-state index contributed by atoms with van der Waals surface area (Å²) in [6, 6.07) is 8.16. The van der Waals surface area contributed by atoms with E-state index in [4.69, 9.17) is 16.9 Å². The van der Waals surface area contributed by atoms with E-state index in [1.165, 1.54) is 0 Å². The molecular formula is C13H17ClN2. The van der Waals surface area contributed by atoms with E-state index in [0.717, 1.165) is 18.7 Å². The molecule has 0 aliphatic heterocycles. The highest BCUT2D eigenvalue weighted by atomic mass is 35.5. The van der Waals surface area contributed by atoms with Gasteiger partial charge in [-0.3, -0.25) is 0 Å². The maximum atomic E-state index is 8.81. The highest BCUT2D eigenvalue weighted by Crippen LogP contribution is 2.25. The second-order valence-electron chi connectivity index (χ2n) is 3.82. The van der Waals surface area contributed by atoms with Gasteiger partial charge in [0.15, 0.2) is 0 Å². The van der Waals surface area contributed by atoms with Crippen molar-refractivity contribution in [3.05, 3.63) is 28.8 Å². The summed E-state index contributed by atoms with van der Waals surface area (Å²) in [5.41, 5.74) is 1.62. The Hall–Kier alpha value is -1.20. The van der Waals surface area contributed by atoms with Gasteiger partial charge in [0.2, 0.25) is 0 Å². The SMILES string of the molecule is CC[C@@H](C)N(CC)c1ccc(C#N)c(Cl)c1. The van der Waals surface area contributed by atoms with Crippen LogP contribution in [0.25, 0.3) is 0 Å². The van der Waals surface area contributed by atoms with Crippen molar-refractivity contribution in [1.82, 2.24) is 0 Å². The number of halogens is 1. The quantitative estimate of drug-likeness (QED) is 0.794. The molecule has 1 aromatic carbocycles. The van der Waals surface area contributed by atoms with Crippen molar-refractivity contribution in [2.75, 3.05) is 11.4 Å². The van der Waals surface area contributed by atoms with Crippen molar-refractivity contribution in [1.29, 1.82) is 5.26 Å². The van der Waals surface area contributed by atoms with Crippen LogP contribution in [0.4, 0.5) is 5.69 Å². The van der Waals surface area contributed by atoms with Crippen LogP contribution in [-0.2, 0) is 0 Å². The van der Waals surface area contributed by atoms with Crippen molar-refractivity contribution in [2.24, 2.45) is 0 Å². The number of benzene rings is 1. The first-order valence-electron chi connectivity index (χ1n) is 5.60. The maximum absolute atomic E-state index is 8.81. The Kier molecular flexibility index (Phi) is 4.64. The number of nitriles is 1. The van der Waals surface area contributed by atoms with Gasteiger partial charge in [0.05, 0.1) is 10.6 Å². The third-order valence-corrected chi connectivity index (χ3v) is 3.18. The van der Waals surface area contributed by atoms with Gasteiger partial charge in [-0.25, -0.2) is 0 Å². The summed E-state index contributed by atoms with van der Waals surface area (Å²) in [5.74, 6) is 0. The highest BCUT2D eigenvalue weighted by molar-refractivity contribution is 6.32. The second kappa shape index (κ2) is 5.77. The smallest absolute Gasteiger partial charge is 0.101 e. The molecular weight excluding hydrogens is 220 g/mol. The first kappa shape index (κ1) is 12.9. The highest BCUT2D eigenvalue weighted by Gasteiger charge is 2.12. The Morgan fingerprint density at radius 1 is 1.44 bits per heavy atom. The van der Waals surface area contributed by atoms with Crippen LogP contribution in [0.5, 0.6) is 0 Å². The van der Waals surface area contributed by atoms with Crippen LogP contribution in [0.15, 0.2) is 18.2 Å². The lowest BCUT2D eigenvalue weighted by Crippen LogP contribution is -2.32. The Balaban J connectivity index is 3.04. The summed E-state index contributed by atoms with van der Waals surface area (Å²) in [7, 11) is 0. The Morgan fingerprint density at radius 3 is 2.56 bits per heavy atom. The van der Waals surface area contributed by atoms with E-state index in [1.54, 1.807) is 6.07 Å². The molecule has 0 saturated heterocycles. The van der Waals surface area contributed by atoms with Crippen LogP contribution >= 0.6 is 11.6 Å². The first-order chi connectivity index (χ1) is 7.63. The molecule has 86 valence electrons. The predicted molar refractivity (Wildman–Crippen MR) is 68.9 cm³/mol. The van der Waals surface area contributed by atoms with Crippen molar-refractivity contribution in [2.45, 2.75) is 33.2 Å². The lowest BCUT2D eigenvalue weighted by atomic mass is 10.1. The van der Waals surface area contributed by atoms with E-state index in [0.29, 0.717) is 16.6 Å². The minimum absolute atomic E-state index is 0.481. The average molecular weight is 237 g/mol. The third kappa shape index (κ3) is 2.68. The molecule has 3 heteroatoms. The van der Waals surface area contributed by atoms with E-state index in [-0.39, 0.29) is 0 Å². The molecule has 0 aliphatic carbocycles. The van der Waals surface area contributed by atoms with E-state index in [1.807, 2.05) is 12.1 Å². The van der Waals surface area contributed by atoms with Crippen LogP contribution in [-0.4, -0.2) is 12.6 Å². The average Bonchev–Trinajstić information content (AvgIpc) is 2.30. The lowest BCUT2D eigenvalue weighted by Gasteiger charge is -2.29. The van der Waals surface area contributed by atoms with Gasteiger partial charge >= 0.3 is 0 Å². The fraction of sp³-hybridized carbons (Fsp3) is 0.462. The molecule has 0 heterocycles. The first-order valence-corrected chi connectivity index (χ1v) is 5.98. The number of hydrogen-bond acceptors (Lipinski definition) is 2. The largest absolute Gasteiger partial charge is 0.369 e. The molecule has 0 N–H and O–H groups in total. The summed E-state index contributed by atoms with van der Waals surface area (Å²) in [5, 5.41) is 9.34. The molecule has 0 spiro atoms. The maximum Gasteiger partial charge on any atom is 0.101 e. The molecule has 0 aromatic heterocycles. The van der Waals surface area contributed by atoms with Gasteiger partial charge in [-0.2, -0.15) is 5.26 Å². The van der Waals surface area contributed by atoms with E-state index >= 15 is 0 Å². The number of anilines is 1. The predicted octanol–water partition coefficient (Wildman–Crippen LogP) is 3.84. The van der Waals surface area contributed by atoms with Gasteiger partial charge in [0.1, 0.15) is 6.07 Å². The molecule has 0 fully saturated rings. The molecule has 0 saturated carbocycles. The zero-order valence-electron chi connectivity index (χ0n) is 10.00. The Bertz CT molecular complexity index is 395. The summed E-state index contributed by atoms with van der Waals surface area (Å²) in [6.07, 6.45) is 1.09. The monoisotopic (exact) mass is 236 g/mol. The van der Waals surface area contributed by atoms with Crippen LogP contribution in [0, 0.1) is 11.3 Å². The Morgan fingerprint density at radius 2 is 2.12 bits per heavy atom. The van der Waals surface area contributed by atoms with Gasteiger partial charge in [0.25, 0.3) is 0 Å². The van der Waals surface area contributed by atoms with Crippen LogP contribution in [0.2, 0.25) is 5.02 Å². The number of rotatable bonds is 4. The van der Waals surface area contributed by atoms with E-state index in [9.17, 15) is 0 Å². The molecule has 16 heavy (non-hydrogen) atoms. The number of hydrogen-bond donors (Lipinski definition) is 0. The van der Waals surface area contributed by atoms with Crippen molar-refractivity contribution in [3.8, 4) is 6.07 Å². The number of nitrogens with zero attached hydrogens (tertiary/aromatic N) is 2. The van der Waals surface area contributed by atoms with Crippen molar-refractivity contribution in [3.63, 3.8) is 0 Å². The topological polar surface area (TPSA) is 27.0 Å². The second-order valence-corrected chi connectivity index (χ2v) is 4.23. The molecule has 0 aliphatic rings. The molecule has 0 bridgehead atoms. The lowest BCUT2D eigenvalue weighted by molar-refractivity contribution is 0.630. The van der Waals surface area contributed by atoms with Gasteiger partial charge in [-0.05, 0) is 38.5 Å². The summed E-state index contributed by atoms with van der Waals surface area (Å²) in [4.78, 5) is 2.28. The zero-order chi connectivity index (χ0) is 12.1. The molecule has 0 radical (unpaired) electrons. The Labute approximate surface area is 102 Å². The minimum atomic E-state index is 0.481. The fourth-order valence-corrected chi connectivity index (χ4v) is 1.96. The standard InChI is InChI=1S/C13H17ClN2/c1-4-10(3)16(5-2)12-7-6-11(9-15)13(14)8-12/h6-8,10H,4-5H2,1-3H3/t10-/m1/s1. The van der Waals surface area contributed by atoms with Crippen molar-refractivity contribution >= 4 is 17.3 Å². The van der Waals surface area contributed by atoms with Crippen LogP contribution < -0.4 is 4.90 Å². The molecule has 1 rings (SSSR count). The van der Waals surface area contributed by atoms with Gasteiger partial charge < -0.3 is 4.90 Å². The fourth-order valence-electron chi connectivity index (χ4n) is 1.74. The third-order valence-electron chi connectivity index (χ3n) is 2.87. The van der Waals surface area contributed by atoms with Crippen molar-refractivity contribution < 1.29 is 0 Å². The molecule has 1 atom stereocenters. The minimum Gasteiger partial charge on any atom is -0.369 e. The van der Waals surface area contributed by atoms with Gasteiger partial charge in [-0.1, -0.05) is 18.5 Å². The zero-order valence-corrected chi connectivity index (χ0v) is 10.8. The summed E-state index contributed by atoms with van der Waals surface area (Å²) >= 11 is 6.03. The molecule has 1 aromatic rings. The molecule has 2 nitrogen and oxygen atoms in total. The van der Waals surface area contributed by atoms with E-state index in [2.05, 4.69) is 31.7 Å².